The number of carbonyl (C=O) groups excluding carboxylic acids is 3. The Bertz CT molecular complexity index is 418. The molecule has 1 heterocycles. The van der Waals surface area contributed by atoms with E-state index in [0.717, 1.165) is 6.54 Å². The number of carbonyl (C=O) groups is 3. The maximum absolute atomic E-state index is 11.9. The van der Waals surface area contributed by atoms with Gasteiger partial charge in [-0.1, -0.05) is 0 Å². The van der Waals surface area contributed by atoms with E-state index in [0.29, 0.717) is 26.1 Å². The van der Waals surface area contributed by atoms with E-state index in [-0.39, 0.29) is 37.2 Å². The van der Waals surface area contributed by atoms with Crippen LogP contribution in [-0.2, 0) is 14.3 Å². The number of urea groups is 1. The lowest BCUT2D eigenvalue weighted by Crippen LogP contribution is -2.40. The number of ether oxygens (including phenoxy) is 1. The zero-order chi connectivity index (χ0) is 16.6. The summed E-state index contributed by atoms with van der Waals surface area (Å²) in [6, 6.07) is -0.391. The summed E-state index contributed by atoms with van der Waals surface area (Å²) >= 11 is 0. The van der Waals surface area contributed by atoms with E-state index in [1.807, 2.05) is 0 Å². The van der Waals surface area contributed by atoms with Gasteiger partial charge in [0.2, 0.25) is 5.91 Å². The molecule has 0 aromatic rings. The van der Waals surface area contributed by atoms with Gasteiger partial charge in [-0.25, -0.2) is 4.79 Å². The van der Waals surface area contributed by atoms with Crippen molar-refractivity contribution in [1.82, 2.24) is 20.9 Å². The predicted molar refractivity (Wildman–Crippen MR) is 88.6 cm³/mol. The van der Waals surface area contributed by atoms with E-state index in [4.69, 9.17) is 4.74 Å². The topological polar surface area (TPSA) is 99.8 Å². The van der Waals surface area contributed by atoms with Gasteiger partial charge in [-0.05, 0) is 20.3 Å². The Morgan fingerprint density at radius 3 is 2.52 bits per heavy atom. The van der Waals surface area contributed by atoms with Crippen molar-refractivity contribution in [3.8, 4) is 0 Å². The molecule has 9 heteroatoms. The van der Waals surface area contributed by atoms with E-state index in [9.17, 15) is 14.4 Å². The number of methoxy groups -OCH3 is 1. The largest absolute Gasteiger partial charge is 0.383 e. The smallest absolute Gasteiger partial charge is 0.325 e. The molecule has 1 saturated heterocycles. The molecule has 0 aromatic heterocycles. The van der Waals surface area contributed by atoms with Crippen LogP contribution in [0.5, 0.6) is 0 Å². The number of halogens is 1. The third-order valence-corrected chi connectivity index (χ3v) is 3.34. The number of imide groups is 1. The molecule has 23 heavy (non-hydrogen) atoms. The number of nitrogens with zero attached hydrogens (tertiary/aromatic N) is 1. The molecule has 1 aliphatic heterocycles. The fourth-order valence-corrected chi connectivity index (χ4v) is 2.10. The fourth-order valence-electron chi connectivity index (χ4n) is 2.10. The quantitative estimate of drug-likeness (QED) is 0.376. The second-order valence-electron chi connectivity index (χ2n) is 5.71. The zero-order valence-corrected chi connectivity index (χ0v) is 14.8. The molecule has 0 atom stereocenters. The monoisotopic (exact) mass is 350 g/mol. The van der Waals surface area contributed by atoms with Gasteiger partial charge >= 0.3 is 6.03 Å². The molecule has 0 unspecified atom stereocenters. The molecule has 1 aliphatic rings. The van der Waals surface area contributed by atoms with Crippen LogP contribution in [0.25, 0.3) is 0 Å². The minimum absolute atomic E-state index is 0. The van der Waals surface area contributed by atoms with Crippen LogP contribution in [-0.4, -0.2) is 68.2 Å². The highest BCUT2D eigenvalue weighted by molar-refractivity contribution is 6.06. The van der Waals surface area contributed by atoms with E-state index < -0.39 is 11.6 Å². The predicted octanol–water partition coefficient (Wildman–Crippen LogP) is -0.129. The first kappa shape index (κ1) is 21.6. The molecule has 0 radical (unpaired) electrons. The molecule has 0 aromatic carbocycles. The van der Waals surface area contributed by atoms with Gasteiger partial charge in [0, 0.05) is 39.7 Å². The van der Waals surface area contributed by atoms with Crippen LogP contribution < -0.4 is 16.0 Å². The van der Waals surface area contributed by atoms with Crippen LogP contribution in [0.2, 0.25) is 0 Å². The Morgan fingerprint density at radius 2 is 1.96 bits per heavy atom. The van der Waals surface area contributed by atoms with Gasteiger partial charge in [0.15, 0.2) is 0 Å². The highest BCUT2D eigenvalue weighted by atomic mass is 35.5. The molecule has 1 rings (SSSR count). The lowest BCUT2D eigenvalue weighted by Gasteiger charge is -2.15. The van der Waals surface area contributed by atoms with Crippen LogP contribution >= 0.6 is 12.4 Å². The first-order valence-electron chi connectivity index (χ1n) is 7.49. The molecule has 3 N–H and O–H groups in total. The lowest BCUT2D eigenvalue weighted by molar-refractivity contribution is -0.130. The third-order valence-electron chi connectivity index (χ3n) is 3.34. The van der Waals surface area contributed by atoms with Gasteiger partial charge < -0.3 is 20.7 Å². The van der Waals surface area contributed by atoms with Gasteiger partial charge in [-0.3, -0.25) is 14.5 Å². The van der Waals surface area contributed by atoms with Crippen LogP contribution in [0, 0.1) is 0 Å². The summed E-state index contributed by atoms with van der Waals surface area (Å²) in [6.07, 6.45) is 0.744. The van der Waals surface area contributed by atoms with Crippen molar-refractivity contribution in [2.24, 2.45) is 0 Å². The van der Waals surface area contributed by atoms with E-state index >= 15 is 0 Å². The van der Waals surface area contributed by atoms with Gasteiger partial charge in [-0.15, -0.1) is 12.4 Å². The first-order chi connectivity index (χ1) is 10.4. The molecule has 8 nitrogen and oxygen atoms in total. The Balaban J connectivity index is 0.00000484. The van der Waals surface area contributed by atoms with Gasteiger partial charge in [0.1, 0.15) is 5.54 Å². The van der Waals surface area contributed by atoms with Gasteiger partial charge in [0.05, 0.1) is 6.61 Å². The molecule has 134 valence electrons. The fraction of sp³-hybridized carbons (Fsp3) is 0.786. The second kappa shape index (κ2) is 10.4. The minimum Gasteiger partial charge on any atom is -0.383 e. The Kier molecular flexibility index (Phi) is 9.78. The number of hydrogen-bond acceptors (Lipinski definition) is 5. The summed E-state index contributed by atoms with van der Waals surface area (Å²) in [5, 5.41) is 8.50. The molecular formula is C14H27ClN4O4. The van der Waals surface area contributed by atoms with E-state index in [1.54, 1.807) is 21.0 Å². The van der Waals surface area contributed by atoms with Crippen molar-refractivity contribution in [2.45, 2.75) is 32.2 Å². The average Bonchev–Trinajstić information content (AvgIpc) is 2.64. The van der Waals surface area contributed by atoms with Crippen molar-refractivity contribution in [3.63, 3.8) is 0 Å². The summed E-state index contributed by atoms with van der Waals surface area (Å²) in [7, 11) is 1.63. The molecule has 1 fully saturated rings. The second-order valence-corrected chi connectivity index (χ2v) is 5.71. The molecule has 4 amide bonds. The van der Waals surface area contributed by atoms with Crippen LogP contribution in [0.1, 0.15) is 26.7 Å². The molecule has 0 spiro atoms. The number of amides is 4. The van der Waals surface area contributed by atoms with Gasteiger partial charge in [-0.2, -0.15) is 0 Å². The van der Waals surface area contributed by atoms with Crippen LogP contribution in [0.4, 0.5) is 4.79 Å². The SMILES string of the molecule is COCCNCCNC(=O)CCCN1C(=O)NC(C)(C)C1=O.Cl. The first-order valence-corrected chi connectivity index (χ1v) is 7.49. The van der Waals surface area contributed by atoms with Crippen molar-refractivity contribution < 1.29 is 19.1 Å². The minimum atomic E-state index is -0.854. The van der Waals surface area contributed by atoms with Gasteiger partial charge in [0.25, 0.3) is 5.91 Å². The Hall–Kier alpha value is -1.38. The average molecular weight is 351 g/mol. The van der Waals surface area contributed by atoms with Crippen LogP contribution in [0.3, 0.4) is 0 Å². The van der Waals surface area contributed by atoms with Crippen LogP contribution in [0.15, 0.2) is 0 Å². The summed E-state index contributed by atoms with van der Waals surface area (Å²) in [5.74, 6) is -0.333. The van der Waals surface area contributed by atoms with Crippen molar-refractivity contribution >= 4 is 30.3 Å². The maximum Gasteiger partial charge on any atom is 0.325 e. The van der Waals surface area contributed by atoms with Crippen molar-refractivity contribution in [1.29, 1.82) is 0 Å². The summed E-state index contributed by atoms with van der Waals surface area (Å²) in [5.41, 5.74) is -0.854. The normalized spacial score (nSPS) is 16.0. The maximum atomic E-state index is 11.9. The third kappa shape index (κ3) is 7.15. The standard InChI is InChI=1S/C14H26N4O4.ClH/c1-14(2)12(20)18(13(21)17-14)9-4-5-11(19)16-7-6-15-8-10-22-3;/h15H,4-10H2,1-3H3,(H,16,19)(H,17,21);1H. The number of rotatable bonds is 10. The highest BCUT2D eigenvalue weighted by Crippen LogP contribution is 2.16. The van der Waals surface area contributed by atoms with E-state index in [2.05, 4.69) is 16.0 Å². The molecule has 0 bridgehead atoms. The Morgan fingerprint density at radius 1 is 1.26 bits per heavy atom. The number of nitrogens with one attached hydrogen (secondary N) is 3. The molecule has 0 aliphatic carbocycles. The lowest BCUT2D eigenvalue weighted by atomic mass is 10.1. The molecule has 0 saturated carbocycles. The van der Waals surface area contributed by atoms with Crippen molar-refractivity contribution in [3.05, 3.63) is 0 Å². The summed E-state index contributed by atoms with van der Waals surface area (Å²) < 4.78 is 4.89. The highest BCUT2D eigenvalue weighted by Gasteiger charge is 2.43. The Labute approximate surface area is 143 Å². The molecular weight excluding hydrogens is 324 g/mol. The van der Waals surface area contributed by atoms with E-state index in [1.165, 1.54) is 4.90 Å². The zero-order valence-electron chi connectivity index (χ0n) is 13.9. The number of hydrogen-bond donors (Lipinski definition) is 3. The summed E-state index contributed by atoms with van der Waals surface area (Å²) in [4.78, 5) is 36.4. The van der Waals surface area contributed by atoms with Crippen molar-refractivity contribution in [2.75, 3.05) is 39.9 Å². The summed E-state index contributed by atoms with van der Waals surface area (Å²) in [6.45, 7) is 6.18.